The Morgan fingerprint density at radius 1 is 1.22 bits per heavy atom. The molecule has 2 aromatic rings. The summed E-state index contributed by atoms with van der Waals surface area (Å²) in [6.45, 7) is 3.65. The quantitative estimate of drug-likeness (QED) is 0.544. The average Bonchev–Trinajstić information content (AvgIpc) is 3.25. The van der Waals surface area contributed by atoms with Gasteiger partial charge in [0, 0.05) is 30.2 Å². The normalized spacial score (nSPS) is 25.2. The predicted octanol–water partition coefficient (Wildman–Crippen LogP) is 3.70. The monoisotopic (exact) mass is 438 g/mol. The number of hydrogen-bond acceptors (Lipinski definition) is 5. The molecule has 2 aliphatic rings. The van der Waals surface area contributed by atoms with Crippen LogP contribution in [-0.4, -0.2) is 45.2 Å². The molecular weight excluding hydrogens is 408 g/mol. The van der Waals surface area contributed by atoms with E-state index in [2.05, 4.69) is 0 Å². The summed E-state index contributed by atoms with van der Waals surface area (Å²) in [5.41, 5.74) is 1.03. The summed E-state index contributed by atoms with van der Waals surface area (Å²) in [6.07, 6.45) is 2.90. The molecule has 170 valence electrons. The molecule has 3 N–H and O–H groups in total. The van der Waals surface area contributed by atoms with Crippen LogP contribution < -0.4 is 9.47 Å². The van der Waals surface area contributed by atoms with Crippen LogP contribution >= 0.6 is 0 Å². The number of fused-ring (bicyclic) bond motifs is 3. The topological polar surface area (TPSA) is 96.2 Å². The van der Waals surface area contributed by atoms with Crippen molar-refractivity contribution < 1.29 is 29.6 Å². The molecule has 0 saturated heterocycles. The van der Waals surface area contributed by atoms with Crippen molar-refractivity contribution in [3.8, 4) is 11.5 Å². The van der Waals surface area contributed by atoms with Crippen LogP contribution in [0.15, 0.2) is 60.7 Å². The molecule has 1 heterocycles. The van der Waals surface area contributed by atoms with E-state index in [1.165, 1.54) is 0 Å². The minimum atomic E-state index is -0.877. The Bertz CT molecular complexity index is 983. The first kappa shape index (κ1) is 22.4. The lowest BCUT2D eigenvalue weighted by Crippen LogP contribution is -2.41. The van der Waals surface area contributed by atoms with E-state index in [-0.39, 0.29) is 24.4 Å². The number of aliphatic carboxylic acids is 1. The largest absolute Gasteiger partial charge is 0.489 e. The van der Waals surface area contributed by atoms with Gasteiger partial charge in [-0.3, -0.25) is 4.79 Å². The maximum absolute atomic E-state index is 11.0. The number of aliphatic hydroxyl groups is 2. The van der Waals surface area contributed by atoms with Gasteiger partial charge in [0.2, 0.25) is 0 Å². The summed E-state index contributed by atoms with van der Waals surface area (Å²) >= 11 is 0. The van der Waals surface area contributed by atoms with E-state index >= 15 is 0 Å². The molecule has 6 heteroatoms. The number of para-hydroxylation sites is 2. The second-order valence-electron chi connectivity index (χ2n) is 9.14. The molecule has 1 fully saturated rings. The van der Waals surface area contributed by atoms with Gasteiger partial charge in [0.05, 0.1) is 6.10 Å². The lowest BCUT2D eigenvalue weighted by atomic mass is 9.86. The van der Waals surface area contributed by atoms with Crippen LogP contribution in [0.5, 0.6) is 11.5 Å². The van der Waals surface area contributed by atoms with Gasteiger partial charge in [-0.2, -0.15) is 0 Å². The number of rotatable bonds is 8. The number of benzene rings is 2. The highest BCUT2D eigenvalue weighted by Gasteiger charge is 2.49. The predicted molar refractivity (Wildman–Crippen MR) is 120 cm³/mol. The van der Waals surface area contributed by atoms with Gasteiger partial charge in [0.1, 0.15) is 29.3 Å². The SMILES string of the molecule is CC(C)(Oc1ccccc1)[C@H](O)/C=C/[C@@H]1[C@H]2c3cccc(CCC(=O)O)c3O[C@H]2C[C@H]1O. The highest BCUT2D eigenvalue weighted by Crippen LogP contribution is 2.52. The van der Waals surface area contributed by atoms with Crippen molar-refractivity contribution >= 4 is 5.97 Å². The van der Waals surface area contributed by atoms with Gasteiger partial charge in [-0.05, 0) is 38.0 Å². The van der Waals surface area contributed by atoms with E-state index in [4.69, 9.17) is 14.6 Å². The molecule has 0 unspecified atom stereocenters. The Labute approximate surface area is 188 Å². The molecule has 6 nitrogen and oxygen atoms in total. The van der Waals surface area contributed by atoms with E-state index in [0.717, 1.165) is 16.9 Å². The van der Waals surface area contributed by atoms with Crippen LogP contribution in [0, 0.1) is 5.92 Å². The summed E-state index contributed by atoms with van der Waals surface area (Å²) in [4.78, 5) is 11.0. The molecule has 1 aliphatic carbocycles. The Morgan fingerprint density at radius 2 is 1.97 bits per heavy atom. The maximum Gasteiger partial charge on any atom is 0.303 e. The Morgan fingerprint density at radius 3 is 2.69 bits per heavy atom. The van der Waals surface area contributed by atoms with Crippen molar-refractivity contribution in [3.05, 3.63) is 71.8 Å². The molecule has 0 spiro atoms. The number of hydrogen-bond donors (Lipinski definition) is 3. The fourth-order valence-electron chi connectivity index (χ4n) is 4.72. The molecular formula is C26H30O6. The average molecular weight is 439 g/mol. The molecule has 5 atom stereocenters. The standard InChI is InChI=1S/C26H30O6/c1-26(2,32-17-8-4-3-5-9-17)22(28)13-12-18-20(27)15-21-24(18)19-10-6-7-16(25(19)31-21)11-14-23(29)30/h3-10,12-13,18,20-22,24,27-28H,11,14-15H2,1-2H3,(H,29,30)/b13-12+/t18-,20+,21-,22+,24-/m0/s1. The third-order valence-electron chi connectivity index (χ3n) is 6.45. The smallest absolute Gasteiger partial charge is 0.303 e. The van der Waals surface area contributed by atoms with Crippen molar-refractivity contribution in [1.29, 1.82) is 0 Å². The van der Waals surface area contributed by atoms with Gasteiger partial charge in [-0.25, -0.2) is 0 Å². The highest BCUT2D eigenvalue weighted by atomic mass is 16.5. The number of aryl methyl sites for hydroxylation is 1. The first-order valence-corrected chi connectivity index (χ1v) is 11.0. The van der Waals surface area contributed by atoms with Gasteiger partial charge in [-0.1, -0.05) is 48.6 Å². The van der Waals surface area contributed by atoms with Crippen LogP contribution in [0.2, 0.25) is 0 Å². The van der Waals surface area contributed by atoms with Gasteiger partial charge in [0.15, 0.2) is 0 Å². The summed E-state index contributed by atoms with van der Waals surface area (Å²) in [5.74, 6) is 0.344. The van der Waals surface area contributed by atoms with Crippen molar-refractivity contribution in [2.24, 2.45) is 5.92 Å². The minimum Gasteiger partial charge on any atom is -0.489 e. The highest BCUT2D eigenvalue weighted by molar-refractivity contribution is 5.67. The fraction of sp³-hybridized carbons (Fsp3) is 0.423. The Hall–Kier alpha value is -2.83. The van der Waals surface area contributed by atoms with E-state index in [0.29, 0.717) is 18.6 Å². The van der Waals surface area contributed by atoms with Crippen LogP contribution in [0.25, 0.3) is 0 Å². The van der Waals surface area contributed by atoms with Crippen LogP contribution in [0.3, 0.4) is 0 Å². The van der Waals surface area contributed by atoms with Crippen molar-refractivity contribution in [1.82, 2.24) is 0 Å². The van der Waals surface area contributed by atoms with E-state index in [9.17, 15) is 15.0 Å². The summed E-state index contributed by atoms with van der Waals surface area (Å²) in [5, 5.41) is 30.5. The van der Waals surface area contributed by atoms with Crippen LogP contribution in [-0.2, 0) is 11.2 Å². The van der Waals surface area contributed by atoms with Crippen molar-refractivity contribution in [2.75, 3.05) is 0 Å². The first-order chi connectivity index (χ1) is 15.3. The van der Waals surface area contributed by atoms with E-state index in [1.54, 1.807) is 6.08 Å². The van der Waals surface area contributed by atoms with Gasteiger partial charge >= 0.3 is 5.97 Å². The summed E-state index contributed by atoms with van der Waals surface area (Å²) in [6, 6.07) is 15.2. The lowest BCUT2D eigenvalue weighted by Gasteiger charge is -2.30. The zero-order valence-corrected chi connectivity index (χ0v) is 18.3. The molecule has 4 rings (SSSR count). The van der Waals surface area contributed by atoms with Crippen molar-refractivity contribution in [2.45, 2.75) is 62.9 Å². The Kier molecular flexibility index (Phi) is 6.26. The van der Waals surface area contributed by atoms with Crippen LogP contribution in [0.4, 0.5) is 0 Å². The third kappa shape index (κ3) is 4.52. The molecule has 2 aromatic carbocycles. The second-order valence-corrected chi connectivity index (χ2v) is 9.14. The number of ether oxygens (including phenoxy) is 2. The van der Waals surface area contributed by atoms with Gasteiger partial charge in [0.25, 0.3) is 0 Å². The van der Waals surface area contributed by atoms with E-state index < -0.39 is 23.8 Å². The zero-order valence-electron chi connectivity index (χ0n) is 18.3. The fourth-order valence-corrected chi connectivity index (χ4v) is 4.72. The molecule has 32 heavy (non-hydrogen) atoms. The van der Waals surface area contributed by atoms with Crippen molar-refractivity contribution in [3.63, 3.8) is 0 Å². The zero-order chi connectivity index (χ0) is 22.9. The Balaban J connectivity index is 1.51. The molecule has 1 aliphatic heterocycles. The third-order valence-corrected chi connectivity index (χ3v) is 6.45. The number of aliphatic hydroxyl groups excluding tert-OH is 2. The minimum absolute atomic E-state index is 0.0358. The summed E-state index contributed by atoms with van der Waals surface area (Å²) < 4.78 is 12.1. The van der Waals surface area contributed by atoms with Crippen LogP contribution in [0.1, 0.15) is 43.7 Å². The molecule has 1 saturated carbocycles. The number of carbonyl (C=O) groups is 1. The molecule has 0 amide bonds. The van der Waals surface area contributed by atoms with E-state index in [1.807, 2.05) is 68.5 Å². The first-order valence-electron chi connectivity index (χ1n) is 11.0. The van der Waals surface area contributed by atoms with Gasteiger partial charge in [-0.15, -0.1) is 0 Å². The molecule has 0 radical (unpaired) electrons. The maximum atomic E-state index is 11.0. The molecule has 0 aromatic heterocycles. The number of carboxylic acid groups (broad SMARTS) is 1. The summed E-state index contributed by atoms with van der Waals surface area (Å²) in [7, 11) is 0. The molecule has 0 bridgehead atoms. The second kappa shape index (κ2) is 8.96. The lowest BCUT2D eigenvalue weighted by molar-refractivity contribution is -0.136. The van der Waals surface area contributed by atoms with Gasteiger partial charge < -0.3 is 24.8 Å². The number of carboxylic acids is 1.